The molecule has 0 aliphatic rings. The summed E-state index contributed by atoms with van der Waals surface area (Å²) in [5.41, 5.74) is 3.30. The number of ether oxygens (including phenoxy) is 1. The van der Waals surface area contributed by atoms with Crippen LogP contribution in [-0.4, -0.2) is 28.7 Å². The second-order valence-corrected chi connectivity index (χ2v) is 9.24. The molecule has 5 nitrogen and oxygen atoms in total. The molecule has 0 N–H and O–H groups in total. The summed E-state index contributed by atoms with van der Waals surface area (Å²) in [7, 11) is 1.63. The van der Waals surface area contributed by atoms with E-state index in [1.807, 2.05) is 61.5 Å². The summed E-state index contributed by atoms with van der Waals surface area (Å²) in [5, 5.41) is 0.630. The van der Waals surface area contributed by atoms with Gasteiger partial charge in [-0.3, -0.25) is 14.7 Å². The monoisotopic (exact) mass is 449 g/mol. The Morgan fingerprint density at radius 2 is 1.94 bits per heavy atom. The van der Waals surface area contributed by atoms with Gasteiger partial charge in [0, 0.05) is 16.7 Å². The Kier molecular flexibility index (Phi) is 6.53. The summed E-state index contributed by atoms with van der Waals surface area (Å²) in [6.07, 6.45) is 1.74. The highest BCUT2D eigenvalue weighted by atomic mass is 32.2. The maximum atomic E-state index is 13.6. The molecule has 0 fully saturated rings. The summed E-state index contributed by atoms with van der Waals surface area (Å²) in [6.45, 7) is 4.49. The van der Waals surface area contributed by atoms with Crippen molar-refractivity contribution in [2.75, 3.05) is 17.8 Å². The molecule has 2 aromatic heterocycles. The van der Waals surface area contributed by atoms with E-state index < -0.39 is 0 Å². The first-order valence-corrected chi connectivity index (χ1v) is 11.8. The standard InChI is InChI=1S/C24H23N3O2S2/c1-4-30-19-11-9-17(10-12-19)23(28)27(15-18-7-5-6-14-25-18)24-26-21-20(29-3)13-8-16(2)22(21)31-24/h5-14H,4,15H2,1-3H3. The molecule has 0 aliphatic heterocycles. The van der Waals surface area contributed by atoms with Crippen LogP contribution < -0.4 is 9.64 Å². The van der Waals surface area contributed by atoms with Crippen molar-refractivity contribution in [1.29, 1.82) is 0 Å². The van der Waals surface area contributed by atoms with Crippen LogP contribution in [0.1, 0.15) is 28.5 Å². The lowest BCUT2D eigenvalue weighted by molar-refractivity contribution is 0.0984. The van der Waals surface area contributed by atoms with Crippen LogP contribution in [-0.2, 0) is 6.54 Å². The van der Waals surface area contributed by atoms with E-state index in [-0.39, 0.29) is 5.91 Å². The number of amides is 1. The number of aryl methyl sites for hydroxylation is 1. The van der Waals surface area contributed by atoms with E-state index in [2.05, 4.69) is 11.9 Å². The molecular formula is C24H23N3O2S2. The number of methoxy groups -OCH3 is 1. The van der Waals surface area contributed by atoms with Gasteiger partial charge in [-0.2, -0.15) is 0 Å². The fraction of sp³-hybridized carbons (Fsp3) is 0.208. The number of thioether (sulfide) groups is 1. The van der Waals surface area contributed by atoms with Gasteiger partial charge in [-0.05, 0) is 60.7 Å². The molecule has 0 radical (unpaired) electrons. The first-order chi connectivity index (χ1) is 15.1. The molecule has 158 valence electrons. The largest absolute Gasteiger partial charge is 0.494 e. The van der Waals surface area contributed by atoms with Gasteiger partial charge in [0.05, 0.1) is 24.0 Å². The molecule has 31 heavy (non-hydrogen) atoms. The lowest BCUT2D eigenvalue weighted by Crippen LogP contribution is -2.30. The molecule has 0 spiro atoms. The Bertz CT molecular complexity index is 1190. The summed E-state index contributed by atoms with van der Waals surface area (Å²) >= 11 is 3.25. The van der Waals surface area contributed by atoms with E-state index in [1.165, 1.54) is 11.3 Å². The Hall–Kier alpha value is -2.90. The number of hydrogen-bond donors (Lipinski definition) is 0. The van der Waals surface area contributed by atoms with E-state index in [0.717, 1.165) is 32.1 Å². The van der Waals surface area contributed by atoms with Crippen molar-refractivity contribution in [1.82, 2.24) is 9.97 Å². The van der Waals surface area contributed by atoms with E-state index in [4.69, 9.17) is 9.72 Å². The number of fused-ring (bicyclic) bond motifs is 1. The zero-order chi connectivity index (χ0) is 21.8. The zero-order valence-electron chi connectivity index (χ0n) is 17.7. The molecular weight excluding hydrogens is 426 g/mol. The molecule has 4 aromatic rings. The molecule has 0 bridgehead atoms. The predicted octanol–water partition coefficient (Wildman–Crippen LogP) is 5.97. The molecule has 2 aromatic carbocycles. The van der Waals surface area contributed by atoms with Crippen LogP contribution in [0, 0.1) is 6.92 Å². The topological polar surface area (TPSA) is 55.3 Å². The minimum absolute atomic E-state index is 0.102. The van der Waals surface area contributed by atoms with Crippen molar-refractivity contribution < 1.29 is 9.53 Å². The highest BCUT2D eigenvalue weighted by molar-refractivity contribution is 7.99. The van der Waals surface area contributed by atoms with Crippen molar-refractivity contribution >= 4 is 44.4 Å². The van der Waals surface area contributed by atoms with Crippen LogP contribution >= 0.6 is 23.1 Å². The number of nitrogens with zero attached hydrogens (tertiary/aromatic N) is 3. The number of benzene rings is 2. The van der Waals surface area contributed by atoms with Gasteiger partial charge in [-0.1, -0.05) is 30.4 Å². The van der Waals surface area contributed by atoms with Gasteiger partial charge in [-0.25, -0.2) is 4.98 Å². The van der Waals surface area contributed by atoms with Crippen LogP contribution in [0.5, 0.6) is 5.75 Å². The van der Waals surface area contributed by atoms with E-state index in [0.29, 0.717) is 23.0 Å². The second-order valence-electron chi connectivity index (χ2n) is 6.93. The van der Waals surface area contributed by atoms with Crippen LogP contribution in [0.2, 0.25) is 0 Å². The highest BCUT2D eigenvalue weighted by Crippen LogP contribution is 2.37. The number of hydrogen-bond acceptors (Lipinski definition) is 6. The lowest BCUT2D eigenvalue weighted by atomic mass is 10.2. The fourth-order valence-corrected chi connectivity index (χ4v) is 4.99. The molecule has 0 aliphatic carbocycles. The number of carbonyl (C=O) groups is 1. The quantitative estimate of drug-likeness (QED) is 0.326. The minimum atomic E-state index is -0.102. The smallest absolute Gasteiger partial charge is 0.260 e. The summed E-state index contributed by atoms with van der Waals surface area (Å²) in [4.78, 5) is 25.6. The third-order valence-electron chi connectivity index (χ3n) is 4.85. The van der Waals surface area contributed by atoms with Gasteiger partial charge in [0.25, 0.3) is 5.91 Å². The Morgan fingerprint density at radius 3 is 2.61 bits per heavy atom. The lowest BCUT2D eigenvalue weighted by Gasteiger charge is -2.19. The average Bonchev–Trinajstić information content (AvgIpc) is 3.25. The van der Waals surface area contributed by atoms with E-state index >= 15 is 0 Å². The van der Waals surface area contributed by atoms with Gasteiger partial charge in [0.2, 0.25) is 0 Å². The first kappa shape index (κ1) is 21.3. The molecule has 7 heteroatoms. The summed E-state index contributed by atoms with van der Waals surface area (Å²) in [6, 6.07) is 17.4. The average molecular weight is 450 g/mol. The molecule has 0 saturated carbocycles. The normalized spacial score (nSPS) is 10.9. The number of anilines is 1. The highest BCUT2D eigenvalue weighted by Gasteiger charge is 2.23. The number of pyridine rings is 1. The third kappa shape index (κ3) is 4.57. The zero-order valence-corrected chi connectivity index (χ0v) is 19.3. The van der Waals surface area contributed by atoms with Crippen molar-refractivity contribution in [2.24, 2.45) is 0 Å². The van der Waals surface area contributed by atoms with Gasteiger partial charge in [-0.15, -0.1) is 11.8 Å². The van der Waals surface area contributed by atoms with Crippen molar-refractivity contribution in [3.8, 4) is 5.75 Å². The number of thiazole rings is 1. The molecule has 0 atom stereocenters. The predicted molar refractivity (Wildman–Crippen MR) is 128 cm³/mol. The SMILES string of the molecule is CCSc1ccc(C(=O)N(Cc2ccccn2)c2nc3c(OC)ccc(C)c3s2)cc1. The van der Waals surface area contributed by atoms with Crippen molar-refractivity contribution in [3.05, 3.63) is 77.6 Å². The number of carbonyl (C=O) groups excluding carboxylic acids is 1. The fourth-order valence-electron chi connectivity index (χ4n) is 3.27. The maximum absolute atomic E-state index is 13.6. The molecule has 2 heterocycles. The van der Waals surface area contributed by atoms with Gasteiger partial charge < -0.3 is 4.74 Å². The van der Waals surface area contributed by atoms with E-state index in [9.17, 15) is 4.79 Å². The van der Waals surface area contributed by atoms with Crippen molar-refractivity contribution in [3.63, 3.8) is 0 Å². The Labute approximate surface area is 190 Å². The number of rotatable bonds is 7. The van der Waals surface area contributed by atoms with Crippen molar-refractivity contribution in [2.45, 2.75) is 25.3 Å². The second kappa shape index (κ2) is 9.49. The van der Waals surface area contributed by atoms with Crippen LogP contribution in [0.25, 0.3) is 10.2 Å². The summed E-state index contributed by atoms with van der Waals surface area (Å²) in [5.74, 6) is 1.59. The number of aromatic nitrogens is 2. The molecule has 4 rings (SSSR count). The van der Waals surface area contributed by atoms with Gasteiger partial charge in [0.15, 0.2) is 5.13 Å². The maximum Gasteiger partial charge on any atom is 0.260 e. The Morgan fingerprint density at radius 1 is 1.13 bits per heavy atom. The summed E-state index contributed by atoms with van der Waals surface area (Å²) < 4.78 is 6.52. The Balaban J connectivity index is 1.76. The van der Waals surface area contributed by atoms with Gasteiger partial charge in [0.1, 0.15) is 11.3 Å². The third-order valence-corrected chi connectivity index (χ3v) is 6.95. The minimum Gasteiger partial charge on any atom is -0.494 e. The molecule has 0 saturated heterocycles. The molecule has 1 amide bonds. The molecule has 0 unspecified atom stereocenters. The first-order valence-electron chi connectivity index (χ1n) is 9.99. The van der Waals surface area contributed by atoms with Crippen LogP contribution in [0.3, 0.4) is 0 Å². The van der Waals surface area contributed by atoms with Crippen LogP contribution in [0.4, 0.5) is 5.13 Å². The van der Waals surface area contributed by atoms with E-state index in [1.54, 1.807) is 30.0 Å². The van der Waals surface area contributed by atoms with Gasteiger partial charge >= 0.3 is 0 Å². The van der Waals surface area contributed by atoms with Crippen LogP contribution in [0.15, 0.2) is 65.7 Å².